The van der Waals surface area contributed by atoms with Crippen LogP contribution in [0.4, 0.5) is 5.69 Å². The third-order valence-electron chi connectivity index (χ3n) is 5.22. The topological polar surface area (TPSA) is 57.2 Å². The summed E-state index contributed by atoms with van der Waals surface area (Å²) >= 11 is 0. The lowest BCUT2D eigenvalue weighted by molar-refractivity contribution is -0.121. The lowest BCUT2D eigenvalue weighted by Gasteiger charge is -2.36. The van der Waals surface area contributed by atoms with Crippen molar-refractivity contribution in [2.45, 2.75) is 6.42 Å². The molecule has 2 aliphatic heterocycles. The quantitative estimate of drug-likeness (QED) is 0.609. The lowest BCUT2D eigenvalue weighted by Crippen LogP contribution is -2.47. The molecule has 0 radical (unpaired) electrons. The fourth-order valence-corrected chi connectivity index (χ4v) is 3.58. The maximum absolute atomic E-state index is 12.1. The second kappa shape index (κ2) is 9.39. The zero-order chi connectivity index (χ0) is 19.9. The largest absolute Gasteiger partial charge is 0.488 e. The second-order valence-electron chi connectivity index (χ2n) is 7.25. The van der Waals surface area contributed by atoms with Crippen molar-refractivity contribution < 1.29 is 9.53 Å². The molecule has 29 heavy (non-hydrogen) atoms. The first-order valence-electron chi connectivity index (χ1n) is 10.0. The fraction of sp³-hybridized carbons (Fsp3) is 0.304. The van der Waals surface area contributed by atoms with Crippen LogP contribution in [-0.2, 0) is 4.79 Å². The molecule has 1 fully saturated rings. The SMILES string of the molecule is O=C(CCN1CCN(c2ccccc2)CC1)N/N=C/C1=Cc2ccccc2OC1. The molecule has 0 spiro atoms. The fourth-order valence-electron chi connectivity index (χ4n) is 3.58. The minimum Gasteiger partial charge on any atom is -0.488 e. The average molecular weight is 390 g/mol. The Morgan fingerprint density at radius 1 is 1.03 bits per heavy atom. The molecule has 2 aromatic carbocycles. The first-order chi connectivity index (χ1) is 14.3. The van der Waals surface area contributed by atoms with Gasteiger partial charge in [-0.05, 0) is 24.3 Å². The molecule has 6 heteroatoms. The summed E-state index contributed by atoms with van der Waals surface area (Å²) in [7, 11) is 0. The monoisotopic (exact) mass is 390 g/mol. The van der Waals surface area contributed by atoms with Gasteiger partial charge in [0.05, 0.1) is 6.21 Å². The number of carbonyl (C=O) groups is 1. The smallest absolute Gasteiger partial charge is 0.241 e. The van der Waals surface area contributed by atoms with Crippen LogP contribution in [0.5, 0.6) is 5.75 Å². The highest BCUT2D eigenvalue weighted by atomic mass is 16.5. The number of hydrogen-bond acceptors (Lipinski definition) is 5. The van der Waals surface area contributed by atoms with E-state index in [9.17, 15) is 4.79 Å². The zero-order valence-corrected chi connectivity index (χ0v) is 16.5. The van der Waals surface area contributed by atoms with E-state index in [2.05, 4.69) is 44.6 Å². The van der Waals surface area contributed by atoms with Gasteiger partial charge in [-0.25, -0.2) is 5.43 Å². The van der Waals surface area contributed by atoms with Crippen molar-refractivity contribution >= 4 is 23.9 Å². The molecule has 4 rings (SSSR count). The van der Waals surface area contributed by atoms with Gasteiger partial charge in [-0.2, -0.15) is 5.10 Å². The highest BCUT2D eigenvalue weighted by Crippen LogP contribution is 2.24. The molecule has 0 aliphatic carbocycles. The van der Waals surface area contributed by atoms with E-state index in [-0.39, 0.29) is 5.91 Å². The summed E-state index contributed by atoms with van der Waals surface area (Å²) in [6.07, 6.45) is 4.13. The van der Waals surface area contributed by atoms with Crippen LogP contribution >= 0.6 is 0 Å². The van der Waals surface area contributed by atoms with Crippen molar-refractivity contribution in [2.75, 3.05) is 44.2 Å². The predicted molar refractivity (Wildman–Crippen MR) is 116 cm³/mol. The number of benzene rings is 2. The number of ether oxygens (including phenoxy) is 1. The molecule has 2 heterocycles. The predicted octanol–water partition coefficient (Wildman–Crippen LogP) is 2.78. The number of carbonyl (C=O) groups excluding carboxylic acids is 1. The van der Waals surface area contributed by atoms with Gasteiger partial charge < -0.3 is 9.64 Å². The first-order valence-corrected chi connectivity index (χ1v) is 10.0. The Kier molecular flexibility index (Phi) is 6.22. The summed E-state index contributed by atoms with van der Waals surface area (Å²) in [4.78, 5) is 16.8. The van der Waals surface area contributed by atoms with Crippen LogP contribution in [0.25, 0.3) is 6.08 Å². The van der Waals surface area contributed by atoms with E-state index in [0.29, 0.717) is 13.0 Å². The van der Waals surface area contributed by atoms with Crippen molar-refractivity contribution in [1.29, 1.82) is 0 Å². The Morgan fingerprint density at radius 3 is 2.62 bits per heavy atom. The van der Waals surface area contributed by atoms with Crippen LogP contribution in [0.15, 0.2) is 65.3 Å². The minimum absolute atomic E-state index is 0.0653. The van der Waals surface area contributed by atoms with Crippen molar-refractivity contribution in [3.8, 4) is 5.75 Å². The molecule has 2 aliphatic rings. The summed E-state index contributed by atoms with van der Waals surface area (Å²) < 4.78 is 5.68. The molecule has 0 saturated carbocycles. The number of amides is 1. The molecule has 0 atom stereocenters. The number of rotatable bonds is 6. The molecule has 150 valence electrons. The summed E-state index contributed by atoms with van der Waals surface area (Å²) in [5, 5.41) is 4.08. The van der Waals surface area contributed by atoms with Crippen molar-refractivity contribution in [2.24, 2.45) is 5.10 Å². The number of fused-ring (bicyclic) bond motifs is 1. The molecule has 0 aromatic heterocycles. The maximum Gasteiger partial charge on any atom is 0.241 e. The molecule has 1 amide bonds. The van der Waals surface area contributed by atoms with Crippen LogP contribution in [-0.4, -0.2) is 56.4 Å². The summed E-state index contributed by atoms with van der Waals surface area (Å²) in [6, 6.07) is 18.3. The van der Waals surface area contributed by atoms with E-state index in [1.165, 1.54) is 5.69 Å². The van der Waals surface area contributed by atoms with E-state index in [1.807, 2.05) is 36.4 Å². The average Bonchev–Trinajstić information content (AvgIpc) is 2.78. The van der Waals surface area contributed by atoms with Crippen molar-refractivity contribution in [1.82, 2.24) is 10.3 Å². The number of anilines is 1. The van der Waals surface area contributed by atoms with Gasteiger partial charge in [0.2, 0.25) is 5.91 Å². The Morgan fingerprint density at radius 2 is 1.79 bits per heavy atom. The summed E-state index contributed by atoms with van der Waals surface area (Å²) in [6.45, 7) is 5.12. The molecular weight excluding hydrogens is 364 g/mol. The van der Waals surface area contributed by atoms with Gasteiger partial charge in [0.15, 0.2) is 0 Å². The number of nitrogens with zero attached hydrogens (tertiary/aromatic N) is 3. The van der Waals surface area contributed by atoms with E-state index < -0.39 is 0 Å². The van der Waals surface area contributed by atoms with E-state index in [4.69, 9.17) is 4.74 Å². The Hall–Kier alpha value is -3.12. The maximum atomic E-state index is 12.1. The van der Waals surface area contributed by atoms with Gasteiger partial charge in [0, 0.05) is 56.0 Å². The summed E-state index contributed by atoms with van der Waals surface area (Å²) in [5.41, 5.74) is 5.85. The normalized spacial score (nSPS) is 16.8. The highest BCUT2D eigenvalue weighted by molar-refractivity contribution is 5.88. The Bertz CT molecular complexity index is 887. The van der Waals surface area contributed by atoms with Gasteiger partial charge in [-0.1, -0.05) is 36.4 Å². The number of hydrogen-bond donors (Lipinski definition) is 1. The van der Waals surface area contributed by atoms with E-state index in [1.54, 1.807) is 6.21 Å². The Labute approximate surface area is 171 Å². The van der Waals surface area contributed by atoms with Gasteiger partial charge in [0.25, 0.3) is 0 Å². The molecule has 2 aromatic rings. The molecule has 6 nitrogen and oxygen atoms in total. The molecule has 0 bridgehead atoms. The molecular formula is C23H26N4O2. The lowest BCUT2D eigenvalue weighted by atomic mass is 10.1. The van der Waals surface area contributed by atoms with Crippen molar-refractivity contribution in [3.63, 3.8) is 0 Å². The number of hydrazone groups is 1. The third-order valence-corrected chi connectivity index (χ3v) is 5.22. The van der Waals surface area contributed by atoms with Gasteiger partial charge >= 0.3 is 0 Å². The van der Waals surface area contributed by atoms with Gasteiger partial charge in [-0.15, -0.1) is 0 Å². The number of para-hydroxylation sites is 2. The Balaban J connectivity index is 1.18. The minimum atomic E-state index is -0.0653. The standard InChI is InChI=1S/C23H26N4O2/c28-23(25-24-17-19-16-20-6-4-5-9-22(20)29-18-19)10-11-26-12-14-27(15-13-26)21-7-2-1-3-8-21/h1-9,16-17H,10-15,18H2,(H,25,28)/b24-17+. The molecule has 0 unspecified atom stereocenters. The summed E-state index contributed by atoms with van der Waals surface area (Å²) in [5.74, 6) is 0.811. The molecule has 1 N–H and O–H groups in total. The van der Waals surface area contributed by atoms with Crippen LogP contribution in [0.2, 0.25) is 0 Å². The van der Waals surface area contributed by atoms with Gasteiger partial charge in [0.1, 0.15) is 12.4 Å². The van der Waals surface area contributed by atoms with E-state index in [0.717, 1.165) is 49.6 Å². The molecule has 1 saturated heterocycles. The van der Waals surface area contributed by atoms with Crippen LogP contribution in [0.1, 0.15) is 12.0 Å². The van der Waals surface area contributed by atoms with Crippen LogP contribution in [0.3, 0.4) is 0 Å². The third kappa shape index (κ3) is 5.23. The highest BCUT2D eigenvalue weighted by Gasteiger charge is 2.17. The van der Waals surface area contributed by atoms with E-state index >= 15 is 0 Å². The number of piperazine rings is 1. The van der Waals surface area contributed by atoms with Crippen molar-refractivity contribution in [3.05, 3.63) is 65.7 Å². The first kappa shape index (κ1) is 19.2. The van der Waals surface area contributed by atoms with Crippen LogP contribution < -0.4 is 15.1 Å². The van der Waals surface area contributed by atoms with Crippen LogP contribution in [0, 0.1) is 0 Å². The second-order valence-corrected chi connectivity index (χ2v) is 7.25. The van der Waals surface area contributed by atoms with Gasteiger partial charge in [-0.3, -0.25) is 9.69 Å². The zero-order valence-electron chi connectivity index (χ0n) is 16.5. The number of nitrogens with one attached hydrogen (secondary N) is 1.